The molecule has 1 saturated heterocycles. The number of fused-ring (bicyclic) bond motifs is 1. The van der Waals surface area contributed by atoms with Gasteiger partial charge in [0.1, 0.15) is 5.54 Å². The van der Waals surface area contributed by atoms with E-state index in [9.17, 15) is 4.79 Å². The molecule has 1 aromatic carbocycles. The van der Waals surface area contributed by atoms with Gasteiger partial charge in [-0.15, -0.1) is 5.10 Å². The van der Waals surface area contributed by atoms with Gasteiger partial charge in [-0.3, -0.25) is 4.79 Å². The standard InChI is InChI=1S/C19H17N7O/c27-16-5-2-10-25(16)14-8-6-13(7-9-14)20-17-18-22-23-24-26(18)19-11-12(19)3-1-4-15(19)21-17/h1,3-4,6-9,12H,2,5,10-11H2,(H,20,21). The number of rotatable bonds is 2. The molecule has 1 aromatic heterocycles. The first kappa shape index (κ1) is 14.8. The topological polar surface area (TPSA) is 88.3 Å². The maximum atomic E-state index is 11.9. The molecule has 3 heterocycles. The second kappa shape index (κ2) is 5.12. The molecular weight excluding hydrogens is 342 g/mol. The molecule has 2 aromatic rings. The van der Waals surface area contributed by atoms with Crippen LogP contribution < -0.4 is 10.2 Å². The first-order valence-corrected chi connectivity index (χ1v) is 9.20. The highest BCUT2D eigenvalue weighted by atomic mass is 16.2. The van der Waals surface area contributed by atoms with Crippen LogP contribution in [0.2, 0.25) is 0 Å². The minimum absolute atomic E-state index is 0.160. The average molecular weight is 359 g/mol. The smallest absolute Gasteiger partial charge is 0.227 e. The maximum Gasteiger partial charge on any atom is 0.227 e. The van der Waals surface area contributed by atoms with Gasteiger partial charge in [-0.25, -0.2) is 9.67 Å². The van der Waals surface area contributed by atoms with E-state index >= 15 is 0 Å². The Labute approximate surface area is 155 Å². The largest absolute Gasteiger partial charge is 0.338 e. The van der Waals surface area contributed by atoms with Crippen molar-refractivity contribution < 1.29 is 4.79 Å². The fourth-order valence-corrected chi connectivity index (χ4v) is 4.37. The van der Waals surface area contributed by atoms with Crippen LogP contribution in [-0.4, -0.2) is 38.5 Å². The summed E-state index contributed by atoms with van der Waals surface area (Å²) < 4.78 is 1.90. The van der Waals surface area contributed by atoms with Crippen molar-refractivity contribution in [2.45, 2.75) is 24.8 Å². The summed E-state index contributed by atoms with van der Waals surface area (Å²) in [6.45, 7) is 0.786. The van der Waals surface area contributed by atoms with Crippen LogP contribution in [0.15, 0.2) is 53.2 Å². The number of hydrogen-bond acceptors (Lipinski definition) is 5. The number of amides is 1. The number of aromatic nitrogens is 4. The van der Waals surface area contributed by atoms with E-state index in [0.29, 0.717) is 24.0 Å². The average Bonchev–Trinajstić information content (AvgIpc) is 3.01. The van der Waals surface area contributed by atoms with Crippen LogP contribution in [0.1, 0.15) is 25.1 Å². The quantitative estimate of drug-likeness (QED) is 0.881. The third-order valence-corrected chi connectivity index (χ3v) is 5.85. The van der Waals surface area contributed by atoms with Crippen LogP contribution in [0.25, 0.3) is 0 Å². The number of carbonyl (C=O) groups is 1. The molecule has 2 fully saturated rings. The van der Waals surface area contributed by atoms with Gasteiger partial charge in [0.25, 0.3) is 0 Å². The molecule has 0 radical (unpaired) electrons. The van der Waals surface area contributed by atoms with Crippen LogP contribution in [0.4, 0.5) is 11.4 Å². The van der Waals surface area contributed by atoms with Crippen molar-refractivity contribution in [3.05, 3.63) is 54.0 Å². The number of nitrogens with zero attached hydrogens (tertiary/aromatic N) is 6. The molecule has 8 nitrogen and oxygen atoms in total. The van der Waals surface area contributed by atoms with Gasteiger partial charge in [-0.2, -0.15) is 0 Å². The van der Waals surface area contributed by atoms with Gasteiger partial charge < -0.3 is 10.2 Å². The van der Waals surface area contributed by atoms with Crippen molar-refractivity contribution in [1.82, 2.24) is 25.5 Å². The minimum Gasteiger partial charge on any atom is -0.338 e. The van der Waals surface area contributed by atoms with Crippen LogP contribution >= 0.6 is 0 Å². The third kappa shape index (κ3) is 2.00. The number of allylic oxidation sites excluding steroid dienone is 4. The third-order valence-electron chi connectivity index (χ3n) is 5.85. The van der Waals surface area contributed by atoms with E-state index in [0.717, 1.165) is 36.5 Å². The molecule has 8 heteroatoms. The van der Waals surface area contributed by atoms with Crippen molar-refractivity contribution in [3.63, 3.8) is 0 Å². The monoisotopic (exact) mass is 359 g/mol. The van der Waals surface area contributed by atoms with Gasteiger partial charge >= 0.3 is 0 Å². The number of nitrogens with one attached hydrogen (secondary N) is 1. The van der Waals surface area contributed by atoms with E-state index < -0.39 is 0 Å². The number of aliphatic imine (C=N–C) groups is 1. The van der Waals surface area contributed by atoms with Crippen molar-refractivity contribution >= 4 is 23.1 Å². The molecule has 134 valence electrons. The zero-order valence-corrected chi connectivity index (χ0v) is 14.5. The fraction of sp³-hybridized carbons (Fsp3) is 0.316. The van der Waals surface area contributed by atoms with E-state index in [4.69, 9.17) is 4.99 Å². The SMILES string of the molecule is O=C1CCCN1c1ccc(N=C2NC3=CC=CC4CC34n3nnnc32)cc1. The summed E-state index contributed by atoms with van der Waals surface area (Å²) in [5, 5.41) is 15.7. The summed E-state index contributed by atoms with van der Waals surface area (Å²) in [6.07, 6.45) is 8.91. The molecule has 1 saturated carbocycles. The highest BCUT2D eigenvalue weighted by molar-refractivity contribution is 6.00. The Balaban J connectivity index is 1.36. The van der Waals surface area contributed by atoms with Crippen molar-refractivity contribution in [3.8, 4) is 0 Å². The lowest BCUT2D eigenvalue weighted by Gasteiger charge is -2.30. The van der Waals surface area contributed by atoms with Crippen LogP contribution in [0.5, 0.6) is 0 Å². The second-order valence-corrected chi connectivity index (χ2v) is 7.37. The van der Waals surface area contributed by atoms with Crippen LogP contribution in [0, 0.1) is 5.92 Å². The van der Waals surface area contributed by atoms with Gasteiger partial charge in [-0.05, 0) is 53.6 Å². The molecule has 6 rings (SSSR count). The fourth-order valence-electron chi connectivity index (χ4n) is 4.37. The van der Waals surface area contributed by atoms with Crippen molar-refractivity contribution in [2.24, 2.45) is 10.9 Å². The number of anilines is 1. The van der Waals surface area contributed by atoms with E-state index in [1.165, 1.54) is 0 Å². The molecule has 2 unspecified atom stereocenters. The van der Waals surface area contributed by atoms with Gasteiger partial charge in [0.05, 0.1) is 5.69 Å². The number of tetrazole rings is 1. The second-order valence-electron chi connectivity index (χ2n) is 7.37. The number of amidine groups is 1. The Morgan fingerprint density at radius 1 is 1.26 bits per heavy atom. The Morgan fingerprint density at radius 2 is 2.15 bits per heavy atom. The van der Waals surface area contributed by atoms with E-state index in [1.807, 2.05) is 33.8 Å². The van der Waals surface area contributed by atoms with Gasteiger partial charge in [0.2, 0.25) is 11.7 Å². The van der Waals surface area contributed by atoms with Crippen molar-refractivity contribution in [2.75, 3.05) is 11.4 Å². The summed E-state index contributed by atoms with van der Waals surface area (Å²) in [5.41, 5.74) is 2.64. The number of benzene rings is 1. The molecule has 4 aliphatic rings. The highest BCUT2D eigenvalue weighted by Crippen LogP contribution is 2.58. The maximum absolute atomic E-state index is 11.9. The molecule has 2 aliphatic carbocycles. The van der Waals surface area contributed by atoms with E-state index in [1.54, 1.807) is 0 Å². The summed E-state index contributed by atoms with van der Waals surface area (Å²) >= 11 is 0. The molecule has 0 bridgehead atoms. The molecule has 1 spiro atoms. The summed E-state index contributed by atoms with van der Waals surface area (Å²) in [5.74, 6) is 1.92. The zero-order chi connectivity index (χ0) is 18.0. The number of carbonyl (C=O) groups excluding carboxylic acids is 1. The minimum atomic E-state index is -0.160. The van der Waals surface area contributed by atoms with Crippen LogP contribution in [0.3, 0.4) is 0 Å². The molecule has 2 aliphatic heterocycles. The Kier molecular flexibility index (Phi) is 2.81. The number of hydrogen-bond donors (Lipinski definition) is 1. The lowest BCUT2D eigenvalue weighted by molar-refractivity contribution is -0.117. The van der Waals surface area contributed by atoms with Gasteiger partial charge in [-0.1, -0.05) is 12.2 Å². The summed E-state index contributed by atoms with van der Waals surface area (Å²) in [7, 11) is 0. The Bertz CT molecular complexity index is 1050. The molecule has 2 atom stereocenters. The predicted molar refractivity (Wildman–Crippen MR) is 98.5 cm³/mol. The summed E-state index contributed by atoms with van der Waals surface area (Å²) in [6, 6.07) is 7.72. The molecule has 27 heavy (non-hydrogen) atoms. The first-order chi connectivity index (χ1) is 13.3. The summed E-state index contributed by atoms with van der Waals surface area (Å²) in [4.78, 5) is 18.5. The van der Waals surface area contributed by atoms with Crippen LogP contribution in [-0.2, 0) is 10.3 Å². The zero-order valence-electron chi connectivity index (χ0n) is 14.5. The molecule has 1 N–H and O–H groups in total. The molecule has 1 amide bonds. The Morgan fingerprint density at radius 3 is 2.96 bits per heavy atom. The van der Waals surface area contributed by atoms with E-state index in [-0.39, 0.29) is 11.4 Å². The van der Waals surface area contributed by atoms with Gasteiger partial charge in [0.15, 0.2) is 5.84 Å². The lowest BCUT2D eigenvalue weighted by atomic mass is 10.0. The van der Waals surface area contributed by atoms with Gasteiger partial charge in [0, 0.05) is 30.3 Å². The first-order valence-electron chi connectivity index (χ1n) is 9.20. The molecular formula is C19H17N7O. The van der Waals surface area contributed by atoms with E-state index in [2.05, 4.69) is 39.1 Å². The predicted octanol–water partition coefficient (Wildman–Crippen LogP) is 1.65. The lowest BCUT2D eigenvalue weighted by Crippen LogP contribution is -2.44. The normalized spacial score (nSPS) is 29.1. The highest BCUT2D eigenvalue weighted by Gasteiger charge is 2.62. The van der Waals surface area contributed by atoms with Crippen molar-refractivity contribution in [1.29, 1.82) is 0 Å². The Hall–Kier alpha value is -3.29.